The van der Waals surface area contributed by atoms with Gasteiger partial charge in [-0.3, -0.25) is 9.59 Å². The summed E-state index contributed by atoms with van der Waals surface area (Å²) >= 11 is 1.34. The van der Waals surface area contributed by atoms with Crippen LogP contribution in [0.1, 0.15) is 28.3 Å². The van der Waals surface area contributed by atoms with Crippen molar-refractivity contribution in [3.8, 4) is 5.69 Å². The van der Waals surface area contributed by atoms with Crippen molar-refractivity contribution in [3.05, 3.63) is 52.2 Å². The molecule has 1 N–H and O–H groups in total. The van der Waals surface area contributed by atoms with Crippen LogP contribution < -0.4 is 5.32 Å². The summed E-state index contributed by atoms with van der Waals surface area (Å²) < 4.78 is 15.7. The summed E-state index contributed by atoms with van der Waals surface area (Å²) in [5, 5.41) is 15.7. The highest BCUT2D eigenvalue weighted by Crippen LogP contribution is 2.25. The highest BCUT2D eigenvalue weighted by atomic mass is 32.1. The predicted octanol–water partition coefficient (Wildman–Crippen LogP) is 2.41. The van der Waals surface area contributed by atoms with E-state index in [1.165, 1.54) is 34.2 Å². The Kier molecular flexibility index (Phi) is 4.86. The molecule has 10 heteroatoms. The van der Waals surface area contributed by atoms with Crippen LogP contribution in [0.2, 0.25) is 0 Å². The minimum Gasteiger partial charge on any atom is -0.326 e. The summed E-state index contributed by atoms with van der Waals surface area (Å²) in [5.74, 6) is -0.623. The van der Waals surface area contributed by atoms with Crippen LogP contribution in [0.3, 0.4) is 0 Å². The molecule has 3 heterocycles. The van der Waals surface area contributed by atoms with E-state index < -0.39 is 17.8 Å². The first-order valence-electron chi connectivity index (χ1n) is 8.75. The Bertz CT molecular complexity index is 1020. The lowest BCUT2D eigenvalue weighted by Crippen LogP contribution is -2.43. The van der Waals surface area contributed by atoms with Gasteiger partial charge in [0.1, 0.15) is 11.9 Å². The molecule has 1 atom stereocenters. The number of nitrogens with zero attached hydrogens (tertiary/aromatic N) is 5. The molecule has 0 bridgehead atoms. The summed E-state index contributed by atoms with van der Waals surface area (Å²) in [6.07, 6.45) is 1.26. The van der Waals surface area contributed by atoms with Crippen LogP contribution in [0.5, 0.6) is 0 Å². The van der Waals surface area contributed by atoms with E-state index >= 15 is 0 Å². The number of nitrogens with one attached hydrogen (secondary N) is 1. The number of halogens is 1. The third kappa shape index (κ3) is 3.38. The zero-order valence-electron chi connectivity index (χ0n) is 15.0. The lowest BCUT2D eigenvalue weighted by molar-refractivity contribution is -0.119. The molecule has 1 aliphatic heterocycles. The molecule has 0 aliphatic carbocycles. The summed E-state index contributed by atoms with van der Waals surface area (Å²) in [6.45, 7) is 2.22. The maximum atomic E-state index is 14.3. The van der Waals surface area contributed by atoms with Gasteiger partial charge in [0.2, 0.25) is 5.91 Å². The third-order valence-corrected chi connectivity index (χ3v) is 5.48. The molecule has 0 unspecified atom stereocenters. The minimum absolute atomic E-state index is 0.0211. The first-order valence-corrected chi connectivity index (χ1v) is 9.63. The second kappa shape index (κ2) is 7.47. The fourth-order valence-electron chi connectivity index (χ4n) is 3.25. The van der Waals surface area contributed by atoms with Crippen LogP contribution in [0.25, 0.3) is 5.69 Å². The Morgan fingerprint density at radius 3 is 2.89 bits per heavy atom. The molecule has 144 valence electrons. The van der Waals surface area contributed by atoms with Crippen LogP contribution in [-0.4, -0.2) is 49.5 Å². The summed E-state index contributed by atoms with van der Waals surface area (Å²) in [4.78, 5) is 27.6. The van der Waals surface area contributed by atoms with Crippen LogP contribution in [0.15, 0.2) is 35.7 Å². The Morgan fingerprint density at radius 2 is 2.18 bits per heavy atom. The maximum absolute atomic E-state index is 14.3. The smallest absolute Gasteiger partial charge is 0.264 e. The van der Waals surface area contributed by atoms with Crippen molar-refractivity contribution >= 4 is 28.8 Å². The first kappa shape index (κ1) is 18.2. The van der Waals surface area contributed by atoms with Gasteiger partial charge in [-0.05, 0) is 59.8 Å². The predicted molar refractivity (Wildman–Crippen MR) is 101 cm³/mol. The van der Waals surface area contributed by atoms with Crippen molar-refractivity contribution in [2.75, 3.05) is 11.9 Å². The average molecular weight is 400 g/mol. The highest BCUT2D eigenvalue weighted by Gasteiger charge is 2.35. The molecule has 0 radical (unpaired) electrons. The topological polar surface area (TPSA) is 93.0 Å². The van der Waals surface area contributed by atoms with Crippen molar-refractivity contribution in [3.63, 3.8) is 0 Å². The molecule has 1 fully saturated rings. The number of anilines is 1. The number of hydrogen-bond donors (Lipinski definition) is 1. The fourth-order valence-corrected chi connectivity index (χ4v) is 3.93. The van der Waals surface area contributed by atoms with Gasteiger partial charge in [-0.1, -0.05) is 6.07 Å². The van der Waals surface area contributed by atoms with Gasteiger partial charge in [0.15, 0.2) is 5.82 Å². The van der Waals surface area contributed by atoms with Crippen molar-refractivity contribution in [2.45, 2.75) is 25.8 Å². The lowest BCUT2D eigenvalue weighted by atomic mass is 10.2. The number of hydrogen-bond acceptors (Lipinski definition) is 6. The van der Waals surface area contributed by atoms with Gasteiger partial charge in [0, 0.05) is 6.54 Å². The van der Waals surface area contributed by atoms with Crippen LogP contribution >= 0.6 is 11.3 Å². The average Bonchev–Trinajstić information content (AvgIpc) is 3.44. The molecule has 2 amide bonds. The molecule has 1 aromatic carbocycles. The summed E-state index contributed by atoms with van der Waals surface area (Å²) in [5.41, 5.74) is 0.546. The van der Waals surface area contributed by atoms with Crippen molar-refractivity contribution < 1.29 is 14.0 Å². The molecular weight excluding hydrogens is 383 g/mol. The lowest BCUT2D eigenvalue weighted by Gasteiger charge is -2.23. The van der Waals surface area contributed by atoms with E-state index in [-0.39, 0.29) is 11.6 Å². The Hall–Kier alpha value is -3.14. The summed E-state index contributed by atoms with van der Waals surface area (Å²) in [6, 6.07) is 7.14. The number of thiophene rings is 1. The number of likely N-dealkylation sites (tertiary alicyclic amines) is 1. The summed E-state index contributed by atoms with van der Waals surface area (Å²) in [7, 11) is 0. The molecule has 0 spiro atoms. The van der Waals surface area contributed by atoms with Crippen LogP contribution in [0.4, 0.5) is 10.1 Å². The second-order valence-corrected chi connectivity index (χ2v) is 7.37. The first-order chi connectivity index (χ1) is 13.5. The van der Waals surface area contributed by atoms with E-state index in [2.05, 4.69) is 20.8 Å². The number of carbonyl (C=O) groups excluding carboxylic acids is 2. The number of tetrazole rings is 1. The Labute approximate surface area is 164 Å². The number of aromatic nitrogens is 4. The monoisotopic (exact) mass is 400 g/mol. The van der Waals surface area contributed by atoms with Gasteiger partial charge in [0.05, 0.1) is 16.3 Å². The van der Waals surface area contributed by atoms with Crippen molar-refractivity contribution in [1.29, 1.82) is 0 Å². The molecule has 8 nitrogen and oxygen atoms in total. The molecule has 28 heavy (non-hydrogen) atoms. The SMILES string of the molecule is Cc1nnnn1-c1ccc(F)c(NC(=O)[C@@H]2CCCN2C(=O)c2cccs2)c1. The number of aryl methyl sites for hydroxylation is 1. The van der Waals surface area contributed by atoms with Gasteiger partial charge in [0.25, 0.3) is 5.91 Å². The van der Waals surface area contributed by atoms with Gasteiger partial charge >= 0.3 is 0 Å². The van der Waals surface area contributed by atoms with Gasteiger partial charge < -0.3 is 10.2 Å². The second-order valence-electron chi connectivity index (χ2n) is 6.43. The third-order valence-electron chi connectivity index (χ3n) is 4.63. The minimum atomic E-state index is -0.632. The quantitative estimate of drug-likeness (QED) is 0.726. The maximum Gasteiger partial charge on any atom is 0.264 e. The molecule has 3 aromatic rings. The van der Waals surface area contributed by atoms with Gasteiger partial charge in [-0.15, -0.1) is 16.4 Å². The number of amides is 2. The molecule has 4 rings (SSSR count). The van der Waals surface area contributed by atoms with Crippen molar-refractivity contribution in [1.82, 2.24) is 25.1 Å². The zero-order valence-corrected chi connectivity index (χ0v) is 15.8. The largest absolute Gasteiger partial charge is 0.326 e. The zero-order chi connectivity index (χ0) is 19.7. The molecular formula is C18H17FN6O2S. The number of benzene rings is 1. The molecule has 0 saturated carbocycles. The molecule has 1 aliphatic rings. The standard InChI is InChI=1S/C18H17FN6O2S/c1-11-21-22-23-25(11)12-6-7-13(19)14(10-12)20-17(26)15-4-2-8-24(15)18(27)16-5-3-9-28-16/h3,5-7,9-10,15H,2,4,8H2,1H3,(H,20,26)/t15-/m0/s1. The van der Waals surface area contributed by atoms with E-state index in [1.54, 1.807) is 24.0 Å². The number of carbonyl (C=O) groups is 2. The normalized spacial score (nSPS) is 16.4. The number of rotatable bonds is 4. The van der Waals surface area contributed by atoms with Crippen LogP contribution in [-0.2, 0) is 4.79 Å². The van der Waals surface area contributed by atoms with E-state index in [9.17, 15) is 14.0 Å². The van der Waals surface area contributed by atoms with E-state index in [0.29, 0.717) is 29.4 Å². The van der Waals surface area contributed by atoms with Gasteiger partial charge in [-0.25, -0.2) is 4.39 Å². The van der Waals surface area contributed by atoms with Crippen molar-refractivity contribution in [2.24, 2.45) is 0 Å². The van der Waals surface area contributed by atoms with E-state index in [1.807, 2.05) is 5.38 Å². The van der Waals surface area contributed by atoms with Gasteiger partial charge in [-0.2, -0.15) is 4.68 Å². The van der Waals surface area contributed by atoms with Crippen LogP contribution in [0, 0.1) is 12.7 Å². The molecule has 2 aromatic heterocycles. The highest BCUT2D eigenvalue weighted by molar-refractivity contribution is 7.12. The van der Waals surface area contributed by atoms with E-state index in [0.717, 1.165) is 6.42 Å². The van der Waals surface area contributed by atoms with E-state index in [4.69, 9.17) is 0 Å². The molecule has 1 saturated heterocycles. The fraction of sp³-hybridized carbons (Fsp3) is 0.278. The Balaban J connectivity index is 1.55. The Morgan fingerprint density at radius 1 is 1.32 bits per heavy atom.